The van der Waals surface area contributed by atoms with E-state index < -0.39 is 5.97 Å². The summed E-state index contributed by atoms with van der Waals surface area (Å²) >= 11 is 0. The van der Waals surface area contributed by atoms with Crippen molar-refractivity contribution < 1.29 is 9.90 Å². The van der Waals surface area contributed by atoms with Gasteiger partial charge in [0.05, 0.1) is 0 Å². The molecule has 0 aliphatic carbocycles. The zero-order chi connectivity index (χ0) is 12.4. The van der Waals surface area contributed by atoms with Crippen molar-refractivity contribution in [1.29, 1.82) is 0 Å². The van der Waals surface area contributed by atoms with Gasteiger partial charge >= 0.3 is 5.97 Å². The normalized spacial score (nSPS) is 17.8. The topological polar surface area (TPSA) is 40.5 Å². The van der Waals surface area contributed by atoms with Gasteiger partial charge in [-0.2, -0.15) is 0 Å². The number of carboxylic acid groups (broad SMARTS) is 1. The van der Waals surface area contributed by atoms with Gasteiger partial charge in [0, 0.05) is 13.1 Å². The van der Waals surface area contributed by atoms with Gasteiger partial charge in [0.1, 0.15) is 6.04 Å². The van der Waals surface area contributed by atoms with E-state index in [1.54, 1.807) is 0 Å². The Bertz CT molecular complexity index is 414. The standard InChI is InChI=1S/C14H19NO2/c1-10(2)13(14(16)17)15-8-7-11-5-3-4-6-12(11)9-15/h3-6,10,13H,7-9H2,1-2H3,(H,16,17)/t13-/m0/s1. The van der Waals surface area contributed by atoms with Crippen LogP contribution in [0.15, 0.2) is 24.3 Å². The number of benzene rings is 1. The molecule has 2 rings (SSSR count). The minimum Gasteiger partial charge on any atom is -0.480 e. The Morgan fingerprint density at radius 2 is 1.94 bits per heavy atom. The first-order chi connectivity index (χ1) is 8.09. The number of nitrogens with zero attached hydrogens (tertiary/aromatic N) is 1. The van der Waals surface area contributed by atoms with Gasteiger partial charge < -0.3 is 5.11 Å². The highest BCUT2D eigenvalue weighted by Gasteiger charge is 2.30. The molecule has 0 amide bonds. The minimum absolute atomic E-state index is 0.137. The van der Waals surface area contributed by atoms with Crippen molar-refractivity contribution in [2.45, 2.75) is 32.9 Å². The average Bonchev–Trinajstić information content (AvgIpc) is 2.28. The van der Waals surface area contributed by atoms with E-state index in [0.717, 1.165) is 19.5 Å². The molecule has 1 atom stereocenters. The highest BCUT2D eigenvalue weighted by molar-refractivity contribution is 5.73. The van der Waals surface area contributed by atoms with Crippen LogP contribution >= 0.6 is 0 Å². The molecule has 3 nitrogen and oxygen atoms in total. The maximum atomic E-state index is 11.3. The van der Waals surface area contributed by atoms with E-state index in [0.29, 0.717) is 0 Å². The van der Waals surface area contributed by atoms with Crippen molar-refractivity contribution in [1.82, 2.24) is 4.90 Å². The summed E-state index contributed by atoms with van der Waals surface area (Å²) in [6.45, 7) is 5.54. The molecule has 92 valence electrons. The van der Waals surface area contributed by atoms with Crippen LogP contribution in [0.1, 0.15) is 25.0 Å². The molecule has 1 aliphatic heterocycles. The van der Waals surface area contributed by atoms with Gasteiger partial charge in [-0.25, -0.2) is 0 Å². The molecule has 17 heavy (non-hydrogen) atoms. The predicted octanol–water partition coefficient (Wildman–Crippen LogP) is 2.15. The monoisotopic (exact) mass is 233 g/mol. The van der Waals surface area contributed by atoms with Crippen molar-refractivity contribution in [3.8, 4) is 0 Å². The zero-order valence-electron chi connectivity index (χ0n) is 10.4. The summed E-state index contributed by atoms with van der Waals surface area (Å²) in [5.41, 5.74) is 2.63. The number of rotatable bonds is 3. The second-order valence-electron chi connectivity index (χ2n) is 5.02. The Morgan fingerprint density at radius 1 is 1.29 bits per heavy atom. The first-order valence-corrected chi connectivity index (χ1v) is 6.13. The van der Waals surface area contributed by atoms with E-state index in [4.69, 9.17) is 0 Å². The molecule has 1 heterocycles. The van der Waals surface area contributed by atoms with E-state index in [9.17, 15) is 9.90 Å². The molecular weight excluding hydrogens is 214 g/mol. The summed E-state index contributed by atoms with van der Waals surface area (Å²) in [4.78, 5) is 13.4. The van der Waals surface area contributed by atoms with Gasteiger partial charge in [0.25, 0.3) is 0 Å². The predicted molar refractivity (Wildman–Crippen MR) is 66.8 cm³/mol. The second kappa shape index (κ2) is 4.88. The molecule has 0 unspecified atom stereocenters. The first kappa shape index (κ1) is 12.1. The molecule has 0 saturated carbocycles. The number of fused-ring (bicyclic) bond motifs is 1. The van der Waals surface area contributed by atoms with Gasteiger partial charge in [-0.15, -0.1) is 0 Å². The van der Waals surface area contributed by atoms with E-state index in [1.807, 2.05) is 26.0 Å². The average molecular weight is 233 g/mol. The van der Waals surface area contributed by atoms with Crippen LogP contribution in [-0.2, 0) is 17.8 Å². The minimum atomic E-state index is -0.709. The summed E-state index contributed by atoms with van der Waals surface area (Å²) in [6.07, 6.45) is 0.951. The number of carbonyl (C=O) groups is 1. The lowest BCUT2D eigenvalue weighted by molar-refractivity contribution is -0.145. The van der Waals surface area contributed by atoms with Gasteiger partial charge in [-0.05, 0) is 23.5 Å². The van der Waals surface area contributed by atoms with Gasteiger partial charge in [-0.3, -0.25) is 9.69 Å². The summed E-state index contributed by atoms with van der Waals surface area (Å²) in [6, 6.07) is 7.93. The van der Waals surface area contributed by atoms with Crippen molar-refractivity contribution in [3.05, 3.63) is 35.4 Å². The summed E-state index contributed by atoms with van der Waals surface area (Å²) < 4.78 is 0. The lowest BCUT2D eigenvalue weighted by Crippen LogP contribution is -2.46. The van der Waals surface area contributed by atoms with E-state index in [-0.39, 0.29) is 12.0 Å². The third kappa shape index (κ3) is 2.50. The van der Waals surface area contributed by atoms with Crippen LogP contribution in [-0.4, -0.2) is 28.6 Å². The fourth-order valence-electron chi connectivity index (χ4n) is 2.62. The van der Waals surface area contributed by atoms with Gasteiger partial charge in [0.2, 0.25) is 0 Å². The lowest BCUT2D eigenvalue weighted by Gasteiger charge is -2.35. The van der Waals surface area contributed by atoms with Crippen LogP contribution in [0.3, 0.4) is 0 Å². The van der Waals surface area contributed by atoms with Gasteiger partial charge in [0.15, 0.2) is 0 Å². The maximum Gasteiger partial charge on any atom is 0.321 e. The van der Waals surface area contributed by atoms with Gasteiger partial charge in [-0.1, -0.05) is 38.1 Å². The first-order valence-electron chi connectivity index (χ1n) is 6.13. The largest absolute Gasteiger partial charge is 0.480 e. The fourth-order valence-corrected chi connectivity index (χ4v) is 2.62. The maximum absolute atomic E-state index is 11.3. The van der Waals surface area contributed by atoms with Crippen LogP contribution in [0.25, 0.3) is 0 Å². The molecule has 0 spiro atoms. The second-order valence-corrected chi connectivity index (χ2v) is 5.02. The molecule has 0 bridgehead atoms. The van der Waals surface area contributed by atoms with Crippen molar-refractivity contribution in [2.24, 2.45) is 5.92 Å². The number of aliphatic carboxylic acids is 1. The Morgan fingerprint density at radius 3 is 2.53 bits per heavy atom. The lowest BCUT2D eigenvalue weighted by atomic mass is 9.95. The summed E-state index contributed by atoms with van der Waals surface area (Å²) in [7, 11) is 0. The molecule has 1 aliphatic rings. The Balaban J connectivity index is 2.19. The Hall–Kier alpha value is -1.35. The molecule has 1 N–H and O–H groups in total. The van der Waals surface area contributed by atoms with Crippen LogP contribution in [0, 0.1) is 5.92 Å². The van der Waals surface area contributed by atoms with Crippen LogP contribution in [0.4, 0.5) is 0 Å². The molecule has 0 aromatic heterocycles. The molecule has 0 saturated heterocycles. The Kier molecular flexibility index (Phi) is 3.48. The number of carboxylic acids is 1. The molecule has 0 fully saturated rings. The van der Waals surface area contributed by atoms with E-state index in [2.05, 4.69) is 17.0 Å². The molecule has 3 heteroatoms. The van der Waals surface area contributed by atoms with E-state index >= 15 is 0 Å². The molecule has 1 aromatic carbocycles. The molecule has 0 radical (unpaired) electrons. The summed E-state index contributed by atoms with van der Waals surface area (Å²) in [5.74, 6) is -0.572. The number of hydrogen-bond donors (Lipinski definition) is 1. The highest BCUT2D eigenvalue weighted by atomic mass is 16.4. The highest BCUT2D eigenvalue weighted by Crippen LogP contribution is 2.23. The fraction of sp³-hybridized carbons (Fsp3) is 0.500. The SMILES string of the molecule is CC(C)[C@@H](C(=O)O)N1CCc2ccccc2C1. The van der Waals surface area contributed by atoms with Crippen molar-refractivity contribution in [3.63, 3.8) is 0 Å². The van der Waals surface area contributed by atoms with Crippen LogP contribution < -0.4 is 0 Å². The molecular formula is C14H19NO2. The Labute approximate surface area is 102 Å². The van der Waals surface area contributed by atoms with Crippen molar-refractivity contribution >= 4 is 5.97 Å². The van der Waals surface area contributed by atoms with Crippen LogP contribution in [0.2, 0.25) is 0 Å². The van der Waals surface area contributed by atoms with Crippen LogP contribution in [0.5, 0.6) is 0 Å². The third-order valence-corrected chi connectivity index (χ3v) is 3.44. The zero-order valence-corrected chi connectivity index (χ0v) is 10.4. The van der Waals surface area contributed by atoms with E-state index in [1.165, 1.54) is 11.1 Å². The third-order valence-electron chi connectivity index (χ3n) is 3.44. The molecule has 1 aromatic rings. The quantitative estimate of drug-likeness (QED) is 0.869. The summed E-state index contributed by atoms with van der Waals surface area (Å²) in [5, 5.41) is 9.30. The van der Waals surface area contributed by atoms with Crippen molar-refractivity contribution in [2.75, 3.05) is 6.54 Å². The smallest absolute Gasteiger partial charge is 0.321 e. The number of hydrogen-bond acceptors (Lipinski definition) is 2.